The Bertz CT molecular complexity index is 357. The number of nitrogens with zero attached hydrogens (tertiary/aromatic N) is 2. The summed E-state index contributed by atoms with van der Waals surface area (Å²) in [5, 5.41) is 10.4. The molecule has 0 aromatic carbocycles. The predicted molar refractivity (Wildman–Crippen MR) is 43.7 cm³/mol. The number of hydrogen-bond donors (Lipinski definition) is 1. The number of nitro groups is 1. The number of alkyl halides is 2. The molecule has 0 saturated carbocycles. The summed E-state index contributed by atoms with van der Waals surface area (Å²) in [6.07, 6.45) is -2.82. The van der Waals surface area contributed by atoms with Crippen molar-refractivity contribution in [3.05, 3.63) is 33.5 Å². The summed E-state index contributed by atoms with van der Waals surface area (Å²) in [6, 6.07) is 2.21. The van der Waals surface area contributed by atoms with Crippen LogP contribution in [0.5, 0.6) is 0 Å². The van der Waals surface area contributed by atoms with Crippen molar-refractivity contribution in [1.29, 1.82) is 0 Å². The van der Waals surface area contributed by atoms with Gasteiger partial charge in [-0.05, 0) is 22.0 Å². The van der Waals surface area contributed by atoms with Gasteiger partial charge in [-0.15, -0.1) is 0 Å². The van der Waals surface area contributed by atoms with Crippen LogP contribution in [0.2, 0.25) is 0 Å². The first-order valence-corrected chi connectivity index (χ1v) is 3.68. The fourth-order valence-electron chi connectivity index (χ4n) is 0.931. The molecule has 1 rings (SSSR count). The van der Waals surface area contributed by atoms with Gasteiger partial charge in [-0.3, -0.25) is 0 Å². The lowest BCUT2D eigenvalue weighted by Gasteiger charge is -2.00. The summed E-state index contributed by atoms with van der Waals surface area (Å²) in [5.74, 6) is -0.606. The first-order valence-electron chi connectivity index (χ1n) is 3.68. The molecule has 0 fully saturated rings. The summed E-state index contributed by atoms with van der Waals surface area (Å²) in [7, 11) is 0. The average Bonchev–Trinajstić information content (AvgIpc) is 2.16. The highest BCUT2D eigenvalue weighted by Crippen LogP contribution is 2.22. The van der Waals surface area contributed by atoms with E-state index in [4.69, 9.17) is 5.73 Å². The second-order valence-corrected chi connectivity index (χ2v) is 2.48. The zero-order valence-corrected chi connectivity index (χ0v) is 6.98. The van der Waals surface area contributed by atoms with Crippen LogP contribution in [-0.4, -0.2) is 9.91 Å². The molecule has 0 amide bonds. The van der Waals surface area contributed by atoms with Gasteiger partial charge in [-0.2, -0.15) is 0 Å². The van der Waals surface area contributed by atoms with E-state index in [-0.39, 0.29) is 12.1 Å². The molecule has 0 atom stereocenters. The normalized spacial score (nSPS) is 10.6. The number of aromatic nitrogens is 1. The maximum Gasteiger partial charge on any atom is 0.368 e. The second kappa shape index (κ2) is 4.05. The SMILES string of the molecule is NCc1ccc(C(F)F)nc1[N+](=O)[O-]. The molecule has 1 aromatic rings. The highest BCUT2D eigenvalue weighted by Gasteiger charge is 2.21. The number of halogens is 2. The van der Waals surface area contributed by atoms with Gasteiger partial charge in [-0.25, -0.2) is 8.78 Å². The fourth-order valence-corrected chi connectivity index (χ4v) is 0.931. The first kappa shape index (κ1) is 10.5. The van der Waals surface area contributed by atoms with Gasteiger partial charge in [0.15, 0.2) is 0 Å². The van der Waals surface area contributed by atoms with E-state index in [0.717, 1.165) is 6.07 Å². The molecule has 0 radical (unpaired) electrons. The van der Waals surface area contributed by atoms with Crippen molar-refractivity contribution in [1.82, 2.24) is 4.98 Å². The third-order valence-electron chi connectivity index (χ3n) is 1.59. The lowest BCUT2D eigenvalue weighted by molar-refractivity contribution is -0.390. The van der Waals surface area contributed by atoms with Gasteiger partial charge in [0.25, 0.3) is 0 Å². The Hall–Kier alpha value is -1.63. The minimum absolute atomic E-state index is 0.104. The molecule has 5 nitrogen and oxygen atoms in total. The summed E-state index contributed by atoms with van der Waals surface area (Å²) < 4.78 is 24.3. The number of nitrogens with two attached hydrogens (primary N) is 1. The number of hydrogen-bond acceptors (Lipinski definition) is 4. The molecule has 2 N–H and O–H groups in total. The molecule has 0 unspecified atom stereocenters. The van der Waals surface area contributed by atoms with Crippen molar-refractivity contribution >= 4 is 5.82 Å². The monoisotopic (exact) mass is 203 g/mol. The highest BCUT2D eigenvalue weighted by atomic mass is 19.3. The van der Waals surface area contributed by atoms with Crippen LogP contribution < -0.4 is 5.73 Å². The summed E-state index contributed by atoms with van der Waals surface area (Å²) in [6.45, 7) is -0.104. The predicted octanol–water partition coefficient (Wildman–Crippen LogP) is 1.39. The van der Waals surface area contributed by atoms with Crippen LogP contribution in [-0.2, 0) is 6.54 Å². The molecule has 0 saturated heterocycles. The molecule has 1 aromatic heterocycles. The molecule has 76 valence electrons. The van der Waals surface area contributed by atoms with E-state index in [1.165, 1.54) is 6.07 Å². The van der Waals surface area contributed by atoms with Crippen molar-refractivity contribution in [2.24, 2.45) is 5.73 Å². The largest absolute Gasteiger partial charge is 0.368 e. The van der Waals surface area contributed by atoms with Crippen molar-refractivity contribution in [2.45, 2.75) is 13.0 Å². The summed E-state index contributed by atoms with van der Waals surface area (Å²) in [4.78, 5) is 12.8. The minimum atomic E-state index is -2.82. The van der Waals surface area contributed by atoms with Crippen LogP contribution in [0.1, 0.15) is 17.7 Å². The smallest absolute Gasteiger partial charge is 0.358 e. The quantitative estimate of drug-likeness (QED) is 0.594. The Kier molecular flexibility index (Phi) is 3.03. The zero-order valence-electron chi connectivity index (χ0n) is 6.98. The maximum absolute atomic E-state index is 12.1. The third-order valence-corrected chi connectivity index (χ3v) is 1.59. The second-order valence-electron chi connectivity index (χ2n) is 2.48. The van der Waals surface area contributed by atoms with Gasteiger partial charge >= 0.3 is 12.2 Å². The molecule has 0 aliphatic rings. The lowest BCUT2D eigenvalue weighted by Crippen LogP contribution is -2.05. The molecule has 0 aliphatic carbocycles. The van der Waals surface area contributed by atoms with Crippen LogP contribution in [0, 0.1) is 10.1 Å². The van der Waals surface area contributed by atoms with Crippen LogP contribution in [0.4, 0.5) is 14.6 Å². The molecule has 0 bridgehead atoms. The van der Waals surface area contributed by atoms with Gasteiger partial charge < -0.3 is 15.8 Å². The van der Waals surface area contributed by atoms with Gasteiger partial charge in [-0.1, -0.05) is 0 Å². The van der Waals surface area contributed by atoms with Gasteiger partial charge in [0.05, 0.1) is 5.56 Å². The Balaban J connectivity index is 3.21. The first-order chi connectivity index (χ1) is 6.56. The minimum Gasteiger partial charge on any atom is -0.358 e. The van der Waals surface area contributed by atoms with Crippen LogP contribution in [0.15, 0.2) is 12.1 Å². The van der Waals surface area contributed by atoms with Crippen molar-refractivity contribution in [2.75, 3.05) is 0 Å². The number of rotatable bonds is 3. The van der Waals surface area contributed by atoms with Crippen LogP contribution in [0.25, 0.3) is 0 Å². The Morgan fingerprint density at radius 2 is 2.21 bits per heavy atom. The average molecular weight is 203 g/mol. The highest BCUT2D eigenvalue weighted by molar-refractivity contribution is 5.34. The zero-order chi connectivity index (χ0) is 10.7. The standard InChI is InChI=1S/C7H7F2N3O2/c8-6(9)5-2-1-4(3-10)7(11-5)12(13)14/h1-2,6H,3,10H2. The van der Waals surface area contributed by atoms with E-state index in [1.54, 1.807) is 0 Å². The molecular weight excluding hydrogens is 196 g/mol. The van der Waals surface area contributed by atoms with E-state index >= 15 is 0 Å². The molecule has 0 aliphatic heterocycles. The maximum atomic E-state index is 12.1. The van der Waals surface area contributed by atoms with E-state index in [9.17, 15) is 18.9 Å². The number of pyridine rings is 1. The van der Waals surface area contributed by atoms with Crippen LogP contribution in [0.3, 0.4) is 0 Å². The fraction of sp³-hybridized carbons (Fsp3) is 0.286. The topological polar surface area (TPSA) is 82.0 Å². The summed E-state index contributed by atoms with van der Waals surface area (Å²) in [5.41, 5.74) is 4.70. The Morgan fingerprint density at radius 3 is 2.64 bits per heavy atom. The molecule has 1 heterocycles. The summed E-state index contributed by atoms with van der Waals surface area (Å²) >= 11 is 0. The van der Waals surface area contributed by atoms with Crippen molar-refractivity contribution in [3.63, 3.8) is 0 Å². The van der Waals surface area contributed by atoms with E-state index in [1.807, 2.05) is 0 Å². The van der Waals surface area contributed by atoms with Crippen molar-refractivity contribution < 1.29 is 13.7 Å². The van der Waals surface area contributed by atoms with Gasteiger partial charge in [0.2, 0.25) is 5.69 Å². The van der Waals surface area contributed by atoms with E-state index in [2.05, 4.69) is 4.98 Å². The van der Waals surface area contributed by atoms with Crippen LogP contribution >= 0.6 is 0 Å². The lowest BCUT2D eigenvalue weighted by atomic mass is 10.2. The molecule has 7 heteroatoms. The Labute approximate surface area is 77.7 Å². The van der Waals surface area contributed by atoms with E-state index in [0.29, 0.717) is 0 Å². The molecule has 0 spiro atoms. The third kappa shape index (κ3) is 1.99. The van der Waals surface area contributed by atoms with Crippen molar-refractivity contribution in [3.8, 4) is 0 Å². The molecular formula is C7H7F2N3O2. The Morgan fingerprint density at radius 1 is 1.57 bits per heavy atom. The van der Waals surface area contributed by atoms with E-state index < -0.39 is 22.9 Å². The van der Waals surface area contributed by atoms with Gasteiger partial charge in [0.1, 0.15) is 0 Å². The van der Waals surface area contributed by atoms with Gasteiger partial charge in [0, 0.05) is 6.54 Å². The molecule has 14 heavy (non-hydrogen) atoms.